The van der Waals surface area contributed by atoms with E-state index in [0.717, 1.165) is 30.8 Å². The molecule has 1 aliphatic heterocycles. The van der Waals surface area contributed by atoms with E-state index in [1.165, 1.54) is 0 Å². The summed E-state index contributed by atoms with van der Waals surface area (Å²) in [4.78, 5) is 18.4. The highest BCUT2D eigenvalue weighted by Gasteiger charge is 2.35. The molecule has 0 N–H and O–H groups in total. The molecule has 1 fully saturated rings. The number of carbonyl (C=O) groups excluding carboxylic acids is 1. The maximum Gasteiger partial charge on any atom is 0.410 e. The molecule has 0 aliphatic carbocycles. The summed E-state index contributed by atoms with van der Waals surface area (Å²) in [6, 6.07) is 3.87. The van der Waals surface area contributed by atoms with Gasteiger partial charge >= 0.3 is 6.09 Å². The lowest BCUT2D eigenvalue weighted by Crippen LogP contribution is -2.37. The Morgan fingerprint density at radius 2 is 2.12 bits per heavy atom. The predicted octanol–water partition coefficient (Wildman–Crippen LogP) is 4.44. The van der Waals surface area contributed by atoms with Gasteiger partial charge in [0.15, 0.2) is 0 Å². The lowest BCUT2D eigenvalue weighted by Gasteiger charge is -2.28. The maximum absolute atomic E-state index is 12.3. The molecule has 5 heteroatoms. The van der Waals surface area contributed by atoms with Crippen molar-refractivity contribution in [1.82, 2.24) is 9.88 Å². The molecule has 1 saturated heterocycles. The van der Waals surface area contributed by atoms with E-state index in [4.69, 9.17) is 9.47 Å². The molecule has 0 aromatic carbocycles. The van der Waals surface area contributed by atoms with E-state index in [1.54, 1.807) is 6.20 Å². The van der Waals surface area contributed by atoms with E-state index in [2.05, 4.69) is 18.8 Å². The molecule has 1 aromatic rings. The molecule has 2 unspecified atom stereocenters. The Morgan fingerprint density at radius 1 is 1.40 bits per heavy atom. The Kier molecular flexibility index (Phi) is 6.31. The smallest absolute Gasteiger partial charge is 0.410 e. The second-order valence-corrected chi connectivity index (χ2v) is 8.35. The van der Waals surface area contributed by atoms with Gasteiger partial charge in [-0.25, -0.2) is 4.79 Å². The first-order valence-electron chi connectivity index (χ1n) is 9.22. The molecule has 25 heavy (non-hydrogen) atoms. The molecule has 0 bridgehead atoms. The average molecular weight is 348 g/mol. The van der Waals surface area contributed by atoms with Crippen molar-refractivity contribution in [2.45, 2.75) is 66.1 Å². The van der Waals surface area contributed by atoms with Crippen molar-refractivity contribution >= 4 is 6.09 Å². The topological polar surface area (TPSA) is 51.7 Å². The van der Waals surface area contributed by atoms with E-state index in [0.29, 0.717) is 18.4 Å². The van der Waals surface area contributed by atoms with Crippen molar-refractivity contribution in [3.8, 4) is 5.75 Å². The summed E-state index contributed by atoms with van der Waals surface area (Å²) in [6.07, 6.45) is 3.53. The zero-order valence-corrected chi connectivity index (χ0v) is 16.4. The number of amides is 1. The molecular weight excluding hydrogens is 316 g/mol. The van der Waals surface area contributed by atoms with Crippen LogP contribution in [0.5, 0.6) is 5.75 Å². The first kappa shape index (κ1) is 19.5. The Morgan fingerprint density at radius 3 is 2.72 bits per heavy atom. The SMILES string of the molecule is Cc1ncccc1OC(CC(C)C)C1CCN(C(=O)OC(C)(C)C)C1. The number of hydrogen-bond donors (Lipinski definition) is 0. The van der Waals surface area contributed by atoms with Crippen LogP contribution in [0, 0.1) is 18.8 Å². The fourth-order valence-electron chi connectivity index (χ4n) is 3.14. The molecule has 2 rings (SSSR count). The van der Waals surface area contributed by atoms with E-state index < -0.39 is 5.60 Å². The third-order valence-electron chi connectivity index (χ3n) is 4.34. The van der Waals surface area contributed by atoms with E-state index in [-0.39, 0.29) is 12.2 Å². The summed E-state index contributed by atoms with van der Waals surface area (Å²) in [7, 11) is 0. The predicted molar refractivity (Wildman–Crippen MR) is 98.8 cm³/mol. The molecule has 0 saturated carbocycles. The van der Waals surface area contributed by atoms with Crippen LogP contribution in [-0.2, 0) is 4.74 Å². The molecule has 1 aromatic heterocycles. The molecule has 2 atom stereocenters. The number of pyridine rings is 1. The average Bonchev–Trinajstić information content (AvgIpc) is 2.96. The first-order chi connectivity index (χ1) is 11.7. The van der Waals surface area contributed by atoms with Crippen LogP contribution in [0.25, 0.3) is 0 Å². The van der Waals surface area contributed by atoms with Gasteiger partial charge in [0, 0.05) is 25.2 Å². The van der Waals surface area contributed by atoms with Gasteiger partial charge in [0.05, 0.1) is 5.69 Å². The van der Waals surface area contributed by atoms with E-state index in [9.17, 15) is 4.79 Å². The first-order valence-corrected chi connectivity index (χ1v) is 9.22. The van der Waals surface area contributed by atoms with Gasteiger partial charge in [0.2, 0.25) is 0 Å². The van der Waals surface area contributed by atoms with Crippen LogP contribution >= 0.6 is 0 Å². The number of ether oxygens (including phenoxy) is 2. The number of aromatic nitrogens is 1. The van der Waals surface area contributed by atoms with Crippen molar-refractivity contribution in [2.75, 3.05) is 13.1 Å². The molecule has 0 spiro atoms. The van der Waals surface area contributed by atoms with Crippen LogP contribution < -0.4 is 4.74 Å². The van der Waals surface area contributed by atoms with Gasteiger partial charge in [0.1, 0.15) is 17.5 Å². The van der Waals surface area contributed by atoms with Crippen LogP contribution in [0.15, 0.2) is 18.3 Å². The Hall–Kier alpha value is -1.78. The fourth-order valence-corrected chi connectivity index (χ4v) is 3.14. The summed E-state index contributed by atoms with van der Waals surface area (Å²) >= 11 is 0. The van der Waals surface area contributed by atoms with Gasteiger partial charge in [0.25, 0.3) is 0 Å². The van der Waals surface area contributed by atoms with Gasteiger partial charge < -0.3 is 14.4 Å². The number of carbonyl (C=O) groups is 1. The highest BCUT2D eigenvalue weighted by molar-refractivity contribution is 5.68. The van der Waals surface area contributed by atoms with Crippen LogP contribution in [0.4, 0.5) is 4.79 Å². The molecule has 140 valence electrons. The van der Waals surface area contributed by atoms with Gasteiger partial charge in [-0.3, -0.25) is 4.98 Å². The van der Waals surface area contributed by atoms with Gasteiger partial charge in [-0.1, -0.05) is 13.8 Å². The number of hydrogen-bond acceptors (Lipinski definition) is 4. The van der Waals surface area contributed by atoms with Crippen LogP contribution in [0.1, 0.15) is 53.2 Å². The summed E-state index contributed by atoms with van der Waals surface area (Å²) in [5.41, 5.74) is 0.439. The Bertz CT molecular complexity index is 581. The summed E-state index contributed by atoms with van der Waals surface area (Å²) in [5.74, 6) is 1.68. The lowest BCUT2D eigenvalue weighted by atomic mass is 9.93. The quantitative estimate of drug-likeness (QED) is 0.789. The summed E-state index contributed by atoms with van der Waals surface area (Å²) < 4.78 is 11.8. The number of aryl methyl sites for hydroxylation is 1. The van der Waals surface area contributed by atoms with Crippen LogP contribution in [-0.4, -0.2) is 40.8 Å². The molecule has 5 nitrogen and oxygen atoms in total. The van der Waals surface area contributed by atoms with Gasteiger partial charge in [-0.2, -0.15) is 0 Å². The van der Waals surface area contributed by atoms with Crippen molar-refractivity contribution in [2.24, 2.45) is 11.8 Å². The zero-order chi connectivity index (χ0) is 18.6. The second-order valence-electron chi connectivity index (χ2n) is 8.35. The largest absolute Gasteiger partial charge is 0.488 e. The highest BCUT2D eigenvalue weighted by Crippen LogP contribution is 2.29. The lowest BCUT2D eigenvalue weighted by molar-refractivity contribution is 0.0270. The normalized spacial score (nSPS) is 19.2. The van der Waals surface area contributed by atoms with Gasteiger partial charge in [-0.15, -0.1) is 0 Å². The highest BCUT2D eigenvalue weighted by atomic mass is 16.6. The zero-order valence-electron chi connectivity index (χ0n) is 16.4. The monoisotopic (exact) mass is 348 g/mol. The third kappa shape index (κ3) is 5.91. The minimum Gasteiger partial charge on any atom is -0.488 e. The maximum atomic E-state index is 12.3. The van der Waals surface area contributed by atoms with Crippen LogP contribution in [0.2, 0.25) is 0 Å². The van der Waals surface area contributed by atoms with E-state index in [1.807, 2.05) is 44.7 Å². The molecule has 2 heterocycles. The number of rotatable bonds is 5. The second kappa shape index (κ2) is 8.07. The standard InChI is InChI=1S/C20H32N2O3/c1-14(2)12-18(24-17-8-7-10-21-15(17)3)16-9-11-22(13-16)19(23)25-20(4,5)6/h7-8,10,14,16,18H,9,11-13H2,1-6H3. The summed E-state index contributed by atoms with van der Waals surface area (Å²) in [6.45, 7) is 13.5. The van der Waals surface area contributed by atoms with Crippen LogP contribution in [0.3, 0.4) is 0 Å². The molecule has 0 radical (unpaired) electrons. The Labute approximate surface area is 151 Å². The number of likely N-dealkylation sites (tertiary alicyclic amines) is 1. The third-order valence-corrected chi connectivity index (χ3v) is 4.34. The summed E-state index contributed by atoms with van der Waals surface area (Å²) in [5, 5.41) is 0. The fraction of sp³-hybridized carbons (Fsp3) is 0.700. The molecule has 1 amide bonds. The minimum atomic E-state index is -0.462. The van der Waals surface area contributed by atoms with Crippen molar-refractivity contribution < 1.29 is 14.3 Å². The number of nitrogens with zero attached hydrogens (tertiary/aromatic N) is 2. The van der Waals surface area contributed by atoms with Gasteiger partial charge in [-0.05, 0) is 58.6 Å². The van der Waals surface area contributed by atoms with E-state index >= 15 is 0 Å². The van der Waals surface area contributed by atoms with Crippen molar-refractivity contribution in [3.63, 3.8) is 0 Å². The minimum absolute atomic E-state index is 0.0790. The Balaban J connectivity index is 2.04. The van der Waals surface area contributed by atoms with Crippen molar-refractivity contribution in [3.05, 3.63) is 24.0 Å². The molecular formula is C20H32N2O3. The van der Waals surface area contributed by atoms with Crippen molar-refractivity contribution in [1.29, 1.82) is 0 Å². The molecule has 1 aliphatic rings.